The van der Waals surface area contributed by atoms with Crippen LogP contribution in [0.3, 0.4) is 0 Å². The average molecular weight is 257 g/mol. The molecule has 96 valence electrons. The van der Waals surface area contributed by atoms with E-state index in [1.165, 1.54) is 6.92 Å². The van der Waals surface area contributed by atoms with Crippen molar-refractivity contribution in [3.8, 4) is 17.6 Å². The molecule has 0 saturated carbocycles. The zero-order valence-corrected chi connectivity index (χ0v) is 9.43. The third kappa shape index (κ3) is 4.37. The average Bonchev–Trinajstić information content (AvgIpc) is 2.22. The Morgan fingerprint density at radius 2 is 2.06 bits per heavy atom. The Kier molecular flexibility index (Phi) is 4.21. The molecule has 0 aliphatic carbocycles. The number of amides is 1. The molecule has 0 spiro atoms. The van der Waals surface area contributed by atoms with E-state index >= 15 is 0 Å². The van der Waals surface area contributed by atoms with Crippen LogP contribution in [0.2, 0.25) is 0 Å². The normalized spacial score (nSPS) is 10.4. The Labute approximate surface area is 102 Å². The van der Waals surface area contributed by atoms with E-state index in [-0.39, 0.29) is 18.0 Å². The Balaban J connectivity index is 2.90. The van der Waals surface area contributed by atoms with Crippen LogP contribution in [0.4, 0.5) is 13.2 Å². The maximum atomic E-state index is 12.4. The van der Waals surface area contributed by atoms with E-state index in [0.29, 0.717) is 6.07 Å². The molecule has 0 atom stereocenters. The van der Waals surface area contributed by atoms with Crippen LogP contribution in [0.1, 0.15) is 18.1 Å². The van der Waals surface area contributed by atoms with E-state index in [2.05, 4.69) is 17.2 Å². The summed E-state index contributed by atoms with van der Waals surface area (Å²) < 4.78 is 37.3. The Hall–Kier alpha value is -2.16. The van der Waals surface area contributed by atoms with Crippen LogP contribution in [0, 0.1) is 11.8 Å². The standard InChI is InChI=1S/C12H10F3NO2/c1-8(17)16-4-2-3-9-5-10(12(13,14)15)7-11(18)6-9/h5-7,18H,4H2,1H3,(H,16,17). The zero-order valence-electron chi connectivity index (χ0n) is 9.43. The minimum atomic E-state index is -4.53. The molecule has 18 heavy (non-hydrogen) atoms. The number of alkyl halides is 3. The highest BCUT2D eigenvalue weighted by Gasteiger charge is 2.31. The third-order valence-electron chi connectivity index (χ3n) is 1.90. The number of benzene rings is 1. The second-order valence-corrected chi connectivity index (χ2v) is 3.48. The van der Waals surface area contributed by atoms with Crippen molar-refractivity contribution in [1.29, 1.82) is 0 Å². The molecule has 6 heteroatoms. The fraction of sp³-hybridized carbons (Fsp3) is 0.250. The van der Waals surface area contributed by atoms with E-state index in [1.807, 2.05) is 0 Å². The first kappa shape index (κ1) is 13.9. The van der Waals surface area contributed by atoms with Crippen LogP contribution >= 0.6 is 0 Å². The summed E-state index contributed by atoms with van der Waals surface area (Å²) in [6.07, 6.45) is -4.53. The van der Waals surface area contributed by atoms with Gasteiger partial charge in [0.2, 0.25) is 5.91 Å². The van der Waals surface area contributed by atoms with Crippen LogP contribution < -0.4 is 5.32 Å². The summed E-state index contributed by atoms with van der Waals surface area (Å²) in [5.74, 6) is 4.12. The van der Waals surface area contributed by atoms with E-state index in [9.17, 15) is 18.0 Å². The van der Waals surface area contributed by atoms with Gasteiger partial charge in [0, 0.05) is 12.5 Å². The highest BCUT2D eigenvalue weighted by atomic mass is 19.4. The van der Waals surface area contributed by atoms with Crippen molar-refractivity contribution in [2.45, 2.75) is 13.1 Å². The lowest BCUT2D eigenvalue weighted by Gasteiger charge is -2.07. The molecule has 0 aliphatic rings. The number of hydrogen-bond acceptors (Lipinski definition) is 2. The minimum Gasteiger partial charge on any atom is -0.508 e. The number of carbonyl (C=O) groups excluding carboxylic acids is 1. The molecule has 3 nitrogen and oxygen atoms in total. The minimum absolute atomic E-state index is 0.0341. The maximum Gasteiger partial charge on any atom is 0.416 e. The number of carbonyl (C=O) groups is 1. The molecule has 0 bridgehead atoms. The monoisotopic (exact) mass is 257 g/mol. The summed E-state index contributed by atoms with van der Waals surface area (Å²) >= 11 is 0. The molecule has 2 N–H and O–H groups in total. The number of phenolic OH excluding ortho intramolecular Hbond substituents is 1. The number of phenols is 1. The number of aromatic hydroxyl groups is 1. The lowest BCUT2D eigenvalue weighted by Crippen LogP contribution is -2.19. The van der Waals surface area contributed by atoms with Crippen LogP contribution in [0.5, 0.6) is 5.75 Å². The van der Waals surface area contributed by atoms with Gasteiger partial charge in [0.05, 0.1) is 12.1 Å². The lowest BCUT2D eigenvalue weighted by atomic mass is 10.1. The first-order valence-corrected chi connectivity index (χ1v) is 4.93. The van der Waals surface area contributed by atoms with Crippen molar-refractivity contribution in [3.05, 3.63) is 29.3 Å². The largest absolute Gasteiger partial charge is 0.508 e. The van der Waals surface area contributed by atoms with Gasteiger partial charge >= 0.3 is 6.18 Å². The van der Waals surface area contributed by atoms with Gasteiger partial charge in [-0.3, -0.25) is 4.79 Å². The van der Waals surface area contributed by atoms with Crippen molar-refractivity contribution in [2.75, 3.05) is 6.54 Å². The van der Waals surface area contributed by atoms with Crippen LogP contribution in [0.15, 0.2) is 18.2 Å². The molecule has 1 aromatic carbocycles. The second kappa shape index (κ2) is 5.45. The summed E-state index contributed by atoms with van der Waals surface area (Å²) in [5.41, 5.74) is -0.931. The quantitative estimate of drug-likeness (QED) is 0.755. The molecular formula is C12H10F3NO2. The van der Waals surface area contributed by atoms with Gasteiger partial charge in [0.1, 0.15) is 5.75 Å². The van der Waals surface area contributed by atoms with Crippen LogP contribution in [-0.4, -0.2) is 17.6 Å². The SMILES string of the molecule is CC(=O)NCC#Cc1cc(O)cc(C(F)(F)F)c1. The van der Waals surface area contributed by atoms with Gasteiger partial charge in [0.25, 0.3) is 0 Å². The van der Waals surface area contributed by atoms with Gasteiger partial charge < -0.3 is 10.4 Å². The number of rotatable bonds is 1. The van der Waals surface area contributed by atoms with E-state index < -0.39 is 17.5 Å². The molecule has 0 unspecified atom stereocenters. The summed E-state index contributed by atoms with van der Waals surface area (Å²) in [6.45, 7) is 1.34. The highest BCUT2D eigenvalue weighted by molar-refractivity contribution is 5.73. The van der Waals surface area contributed by atoms with Gasteiger partial charge in [-0.25, -0.2) is 0 Å². The topological polar surface area (TPSA) is 49.3 Å². The van der Waals surface area contributed by atoms with Crippen molar-refractivity contribution in [1.82, 2.24) is 5.32 Å². The van der Waals surface area contributed by atoms with Crippen molar-refractivity contribution < 1.29 is 23.1 Å². The van der Waals surface area contributed by atoms with Gasteiger partial charge in [-0.05, 0) is 18.2 Å². The molecular weight excluding hydrogens is 247 g/mol. The Bertz CT molecular complexity index is 512. The number of halogens is 3. The number of nitrogens with one attached hydrogen (secondary N) is 1. The summed E-state index contributed by atoms with van der Waals surface area (Å²) in [5, 5.41) is 11.5. The van der Waals surface area contributed by atoms with Gasteiger partial charge in [-0.2, -0.15) is 13.2 Å². The lowest BCUT2D eigenvalue weighted by molar-refractivity contribution is -0.137. The van der Waals surface area contributed by atoms with Crippen LogP contribution in [0.25, 0.3) is 0 Å². The van der Waals surface area contributed by atoms with Crippen molar-refractivity contribution in [2.24, 2.45) is 0 Å². The molecule has 1 rings (SSSR count). The van der Waals surface area contributed by atoms with Gasteiger partial charge in [-0.1, -0.05) is 11.8 Å². The molecule has 0 aliphatic heterocycles. The molecule has 0 radical (unpaired) electrons. The van der Waals surface area contributed by atoms with E-state index in [0.717, 1.165) is 12.1 Å². The zero-order chi connectivity index (χ0) is 13.8. The summed E-state index contributed by atoms with van der Waals surface area (Å²) in [7, 11) is 0. The summed E-state index contributed by atoms with van der Waals surface area (Å²) in [4.78, 5) is 10.5. The molecule has 0 heterocycles. The van der Waals surface area contributed by atoms with Crippen LogP contribution in [-0.2, 0) is 11.0 Å². The van der Waals surface area contributed by atoms with Crippen molar-refractivity contribution in [3.63, 3.8) is 0 Å². The maximum absolute atomic E-state index is 12.4. The van der Waals surface area contributed by atoms with Gasteiger partial charge in [0.15, 0.2) is 0 Å². The Morgan fingerprint density at radius 1 is 1.39 bits per heavy atom. The molecule has 1 aromatic rings. The highest BCUT2D eigenvalue weighted by Crippen LogP contribution is 2.32. The molecule has 0 saturated heterocycles. The predicted octanol–water partition coefficient (Wildman–Crippen LogP) is 1.90. The predicted molar refractivity (Wildman–Crippen MR) is 58.7 cm³/mol. The Morgan fingerprint density at radius 3 is 2.61 bits per heavy atom. The fourth-order valence-electron chi connectivity index (χ4n) is 1.16. The fourth-order valence-corrected chi connectivity index (χ4v) is 1.16. The number of hydrogen-bond donors (Lipinski definition) is 2. The first-order chi connectivity index (χ1) is 8.29. The van der Waals surface area contributed by atoms with Gasteiger partial charge in [-0.15, -0.1) is 0 Å². The molecule has 0 fully saturated rings. The second-order valence-electron chi connectivity index (χ2n) is 3.48. The van der Waals surface area contributed by atoms with Crippen molar-refractivity contribution >= 4 is 5.91 Å². The van der Waals surface area contributed by atoms with E-state index in [1.54, 1.807) is 0 Å². The first-order valence-electron chi connectivity index (χ1n) is 4.93. The molecule has 1 amide bonds. The summed E-state index contributed by atoms with van der Waals surface area (Å²) in [6, 6.07) is 2.58. The third-order valence-corrected chi connectivity index (χ3v) is 1.90. The molecule has 0 aromatic heterocycles. The smallest absolute Gasteiger partial charge is 0.416 e. The van der Waals surface area contributed by atoms with E-state index in [4.69, 9.17) is 5.11 Å².